The van der Waals surface area contributed by atoms with E-state index < -0.39 is 0 Å². The second-order valence-electron chi connectivity index (χ2n) is 5.12. The van der Waals surface area contributed by atoms with E-state index in [1.807, 2.05) is 71.4 Å². The largest absolute Gasteiger partial charge is 0.324 e. The van der Waals surface area contributed by atoms with Crippen LogP contribution in [0, 0.1) is 0 Å². The van der Waals surface area contributed by atoms with Gasteiger partial charge in [0.2, 0.25) is 5.95 Å². The van der Waals surface area contributed by atoms with Gasteiger partial charge in [0.1, 0.15) is 5.82 Å². The topological polar surface area (TPSA) is 42.7 Å². The molecular weight excluding hydrogens is 308 g/mol. The van der Waals surface area contributed by atoms with Crippen molar-refractivity contribution in [2.75, 3.05) is 5.32 Å². The fourth-order valence-corrected chi connectivity index (χ4v) is 2.66. The normalized spacial score (nSPS) is 10.8. The molecule has 4 rings (SSSR count). The van der Waals surface area contributed by atoms with Gasteiger partial charge in [-0.15, -0.1) is 0 Å². The van der Waals surface area contributed by atoms with Gasteiger partial charge in [-0.3, -0.25) is 0 Å². The van der Waals surface area contributed by atoms with Crippen LogP contribution in [0.25, 0.3) is 16.7 Å². The van der Waals surface area contributed by atoms with E-state index in [1.165, 1.54) is 0 Å². The van der Waals surface area contributed by atoms with E-state index in [2.05, 4.69) is 15.3 Å². The van der Waals surface area contributed by atoms with Gasteiger partial charge >= 0.3 is 0 Å². The molecule has 0 atom stereocenters. The highest BCUT2D eigenvalue weighted by atomic mass is 35.5. The predicted octanol–water partition coefficient (Wildman–Crippen LogP) is 4.82. The van der Waals surface area contributed by atoms with Crippen LogP contribution in [0.15, 0.2) is 73.1 Å². The molecule has 0 saturated heterocycles. The third-order valence-electron chi connectivity index (χ3n) is 3.57. The van der Waals surface area contributed by atoms with Gasteiger partial charge in [0.05, 0.1) is 5.52 Å². The number of aromatic nitrogens is 3. The van der Waals surface area contributed by atoms with E-state index in [0.29, 0.717) is 11.0 Å². The molecule has 0 fully saturated rings. The van der Waals surface area contributed by atoms with Crippen LogP contribution in [0.5, 0.6) is 0 Å². The molecule has 0 spiro atoms. The molecule has 0 amide bonds. The fraction of sp³-hybridized carbons (Fsp3) is 0. The zero-order valence-electron chi connectivity index (χ0n) is 12.1. The molecule has 0 aliphatic heterocycles. The number of benzene rings is 2. The minimum atomic E-state index is 0.553. The molecule has 2 heterocycles. The molecule has 0 aliphatic rings. The van der Waals surface area contributed by atoms with Crippen LogP contribution in [-0.2, 0) is 0 Å². The van der Waals surface area contributed by atoms with Crippen molar-refractivity contribution >= 4 is 34.1 Å². The minimum Gasteiger partial charge on any atom is -0.324 e. The smallest absolute Gasteiger partial charge is 0.229 e. The summed E-state index contributed by atoms with van der Waals surface area (Å²) in [6.07, 6.45) is 3.72. The van der Waals surface area contributed by atoms with Crippen molar-refractivity contribution in [3.8, 4) is 5.82 Å². The van der Waals surface area contributed by atoms with Crippen LogP contribution >= 0.6 is 11.6 Å². The van der Waals surface area contributed by atoms with Gasteiger partial charge in [-0.2, -0.15) is 4.98 Å². The van der Waals surface area contributed by atoms with E-state index in [1.54, 1.807) is 6.20 Å². The molecule has 0 radical (unpaired) electrons. The van der Waals surface area contributed by atoms with Crippen molar-refractivity contribution < 1.29 is 0 Å². The first-order chi connectivity index (χ1) is 11.3. The predicted molar refractivity (Wildman–Crippen MR) is 93.6 cm³/mol. The Kier molecular flexibility index (Phi) is 3.44. The number of rotatable bonds is 3. The summed E-state index contributed by atoms with van der Waals surface area (Å²) in [6.45, 7) is 0. The summed E-state index contributed by atoms with van der Waals surface area (Å²) >= 11 is 6.12. The molecule has 2 aromatic carbocycles. The molecule has 0 unspecified atom stereocenters. The Morgan fingerprint density at radius 1 is 0.957 bits per heavy atom. The first kappa shape index (κ1) is 13.8. The first-order valence-corrected chi connectivity index (χ1v) is 7.59. The van der Waals surface area contributed by atoms with E-state index in [-0.39, 0.29) is 0 Å². The lowest BCUT2D eigenvalue weighted by molar-refractivity contribution is 1.02. The second kappa shape index (κ2) is 5.74. The molecule has 112 valence electrons. The number of hydrogen-bond acceptors (Lipinski definition) is 3. The number of anilines is 2. The van der Waals surface area contributed by atoms with Gasteiger partial charge < -0.3 is 9.88 Å². The monoisotopic (exact) mass is 320 g/mol. The summed E-state index contributed by atoms with van der Waals surface area (Å²) in [7, 11) is 0. The number of nitrogens with zero attached hydrogens (tertiary/aromatic N) is 3. The Morgan fingerprint density at radius 2 is 1.83 bits per heavy atom. The van der Waals surface area contributed by atoms with Crippen molar-refractivity contribution in [1.82, 2.24) is 14.5 Å². The third-order valence-corrected chi connectivity index (χ3v) is 3.81. The van der Waals surface area contributed by atoms with E-state index in [9.17, 15) is 0 Å². The summed E-state index contributed by atoms with van der Waals surface area (Å²) in [5.41, 5.74) is 1.96. The van der Waals surface area contributed by atoms with Crippen molar-refractivity contribution in [3.63, 3.8) is 0 Å². The van der Waals surface area contributed by atoms with Gasteiger partial charge in [0.25, 0.3) is 0 Å². The van der Waals surface area contributed by atoms with Crippen molar-refractivity contribution in [2.24, 2.45) is 0 Å². The SMILES string of the molecule is Clc1ccc2ccn(-c3ccnc(Nc4ccccc4)n3)c2c1. The molecule has 1 N–H and O–H groups in total. The Balaban J connectivity index is 1.74. The number of halogens is 1. The maximum Gasteiger partial charge on any atom is 0.229 e. The van der Waals surface area contributed by atoms with Crippen LogP contribution < -0.4 is 5.32 Å². The van der Waals surface area contributed by atoms with Crippen LogP contribution in [0.3, 0.4) is 0 Å². The highest BCUT2D eigenvalue weighted by molar-refractivity contribution is 6.31. The molecule has 4 nitrogen and oxygen atoms in total. The number of para-hydroxylation sites is 1. The molecule has 5 heteroatoms. The number of fused-ring (bicyclic) bond motifs is 1. The van der Waals surface area contributed by atoms with Crippen LogP contribution in [0.2, 0.25) is 5.02 Å². The zero-order valence-corrected chi connectivity index (χ0v) is 12.9. The number of hydrogen-bond donors (Lipinski definition) is 1. The van der Waals surface area contributed by atoms with Gasteiger partial charge in [0, 0.05) is 28.5 Å². The summed E-state index contributed by atoms with van der Waals surface area (Å²) in [5, 5.41) is 5.02. The van der Waals surface area contributed by atoms with Gasteiger partial charge in [-0.05, 0) is 36.4 Å². The van der Waals surface area contributed by atoms with Crippen LogP contribution in [0.1, 0.15) is 0 Å². The van der Waals surface area contributed by atoms with Crippen molar-refractivity contribution in [3.05, 3.63) is 78.1 Å². The lowest BCUT2D eigenvalue weighted by atomic mass is 10.2. The Morgan fingerprint density at radius 3 is 2.70 bits per heavy atom. The molecule has 0 bridgehead atoms. The Bertz CT molecular complexity index is 963. The van der Waals surface area contributed by atoms with Gasteiger partial charge in [-0.25, -0.2) is 4.98 Å². The minimum absolute atomic E-state index is 0.553. The Labute approximate surface area is 138 Å². The lowest BCUT2D eigenvalue weighted by Gasteiger charge is -2.08. The lowest BCUT2D eigenvalue weighted by Crippen LogP contribution is -2.01. The van der Waals surface area contributed by atoms with Gasteiger partial charge in [-0.1, -0.05) is 35.9 Å². The molecule has 4 aromatic rings. The molecule has 23 heavy (non-hydrogen) atoms. The van der Waals surface area contributed by atoms with E-state index >= 15 is 0 Å². The Hall–Kier alpha value is -2.85. The number of nitrogens with one attached hydrogen (secondary N) is 1. The molecule has 2 aromatic heterocycles. The van der Waals surface area contributed by atoms with Crippen molar-refractivity contribution in [1.29, 1.82) is 0 Å². The average Bonchev–Trinajstić information content (AvgIpc) is 2.99. The first-order valence-electron chi connectivity index (χ1n) is 7.22. The summed E-state index contributed by atoms with van der Waals surface area (Å²) in [4.78, 5) is 8.87. The van der Waals surface area contributed by atoms with E-state index in [4.69, 9.17) is 11.6 Å². The average molecular weight is 321 g/mol. The quantitative estimate of drug-likeness (QED) is 0.588. The maximum atomic E-state index is 6.12. The fourth-order valence-electron chi connectivity index (χ4n) is 2.50. The molecule has 0 saturated carbocycles. The molecule has 0 aliphatic carbocycles. The summed E-state index contributed by atoms with van der Waals surface area (Å²) in [6, 6.07) is 19.6. The maximum absolute atomic E-state index is 6.12. The van der Waals surface area contributed by atoms with Crippen LogP contribution in [-0.4, -0.2) is 14.5 Å². The highest BCUT2D eigenvalue weighted by Gasteiger charge is 2.06. The van der Waals surface area contributed by atoms with Crippen LogP contribution in [0.4, 0.5) is 11.6 Å². The molecular formula is C18H13ClN4. The van der Waals surface area contributed by atoms with Gasteiger partial charge in [0.15, 0.2) is 0 Å². The summed E-state index contributed by atoms with van der Waals surface area (Å²) < 4.78 is 2.00. The van der Waals surface area contributed by atoms with Crippen molar-refractivity contribution in [2.45, 2.75) is 0 Å². The zero-order chi connectivity index (χ0) is 15.6. The standard InChI is InChI=1S/C18H13ClN4/c19-14-7-6-13-9-11-23(16(13)12-14)17-8-10-20-18(22-17)21-15-4-2-1-3-5-15/h1-12H,(H,20,21,22). The third kappa shape index (κ3) is 2.76. The summed E-state index contributed by atoms with van der Waals surface area (Å²) in [5.74, 6) is 1.34. The second-order valence-corrected chi connectivity index (χ2v) is 5.55. The van der Waals surface area contributed by atoms with E-state index in [0.717, 1.165) is 22.4 Å². The highest BCUT2D eigenvalue weighted by Crippen LogP contribution is 2.23.